The molecule has 1 N–H and O–H groups in total. The average Bonchev–Trinajstić information content (AvgIpc) is 3.13. The predicted octanol–water partition coefficient (Wildman–Crippen LogP) is 2.39. The molecule has 25 heavy (non-hydrogen) atoms. The van der Waals surface area contributed by atoms with Crippen LogP contribution < -0.4 is 10.1 Å². The van der Waals surface area contributed by atoms with Crippen molar-refractivity contribution in [1.29, 1.82) is 0 Å². The molecule has 1 atom stereocenters. The fourth-order valence-corrected chi connectivity index (χ4v) is 4.41. The first kappa shape index (κ1) is 18.2. The monoisotopic (exact) mass is 346 g/mol. The van der Waals surface area contributed by atoms with Crippen LogP contribution in [-0.4, -0.2) is 55.8 Å². The van der Waals surface area contributed by atoms with Gasteiger partial charge in [0.1, 0.15) is 5.75 Å². The molecular formula is C20H30N2O3. The number of hydrogen-bond donors (Lipinski definition) is 1. The summed E-state index contributed by atoms with van der Waals surface area (Å²) >= 11 is 0. The lowest BCUT2D eigenvalue weighted by Gasteiger charge is -2.47. The number of benzene rings is 1. The molecule has 1 saturated heterocycles. The van der Waals surface area contributed by atoms with Gasteiger partial charge in [-0.15, -0.1) is 0 Å². The van der Waals surface area contributed by atoms with E-state index in [0.717, 1.165) is 50.5 Å². The molecule has 1 aromatic rings. The molecule has 0 aromatic heterocycles. The minimum absolute atomic E-state index is 0.0836. The number of rotatable bonds is 6. The van der Waals surface area contributed by atoms with E-state index in [1.807, 2.05) is 24.3 Å². The molecule has 1 amide bonds. The third kappa shape index (κ3) is 4.15. The molecule has 1 heterocycles. The number of carbonyl (C=O) groups is 1. The number of ether oxygens (including phenoxy) is 2. The molecule has 0 spiro atoms. The molecule has 5 heteroatoms. The van der Waals surface area contributed by atoms with Crippen molar-refractivity contribution in [3.63, 3.8) is 0 Å². The van der Waals surface area contributed by atoms with Crippen molar-refractivity contribution >= 4 is 5.91 Å². The van der Waals surface area contributed by atoms with Crippen LogP contribution in [0.5, 0.6) is 5.75 Å². The maximum absolute atomic E-state index is 12.6. The van der Waals surface area contributed by atoms with Crippen molar-refractivity contribution in [1.82, 2.24) is 10.2 Å². The van der Waals surface area contributed by atoms with E-state index in [1.54, 1.807) is 7.11 Å². The van der Waals surface area contributed by atoms with Crippen LogP contribution in [0.2, 0.25) is 0 Å². The van der Waals surface area contributed by atoms with Gasteiger partial charge in [0, 0.05) is 24.7 Å². The molecule has 138 valence electrons. The van der Waals surface area contributed by atoms with Crippen molar-refractivity contribution in [2.45, 2.75) is 50.6 Å². The highest BCUT2D eigenvalue weighted by Crippen LogP contribution is 2.38. The SMILES string of the molecule is COc1cccc(CC(=O)NC(C)C2(N3CCOCC3)CCCC2)c1. The zero-order chi connectivity index (χ0) is 17.7. The Hall–Kier alpha value is -1.59. The molecule has 5 nitrogen and oxygen atoms in total. The Morgan fingerprint density at radius 1 is 1.32 bits per heavy atom. The smallest absolute Gasteiger partial charge is 0.224 e. The standard InChI is InChI=1S/C20H30N2O3/c1-16(20(8-3-4-9-20)22-10-12-25-13-11-22)21-19(23)15-17-6-5-7-18(14-17)24-2/h5-7,14,16H,3-4,8-13,15H2,1-2H3,(H,21,23). The van der Waals surface area contributed by atoms with Gasteiger partial charge in [-0.05, 0) is 37.5 Å². The first-order valence-corrected chi connectivity index (χ1v) is 9.39. The van der Waals surface area contributed by atoms with E-state index in [0.29, 0.717) is 6.42 Å². The van der Waals surface area contributed by atoms with Crippen LogP contribution in [-0.2, 0) is 16.0 Å². The number of nitrogens with one attached hydrogen (secondary N) is 1. The Kier molecular flexibility index (Phi) is 5.97. The van der Waals surface area contributed by atoms with Crippen molar-refractivity contribution in [2.24, 2.45) is 0 Å². The van der Waals surface area contributed by atoms with Gasteiger partial charge in [0.25, 0.3) is 0 Å². The van der Waals surface area contributed by atoms with Crippen molar-refractivity contribution in [2.75, 3.05) is 33.4 Å². The van der Waals surface area contributed by atoms with Gasteiger partial charge in [0.2, 0.25) is 5.91 Å². The quantitative estimate of drug-likeness (QED) is 0.859. The van der Waals surface area contributed by atoms with Gasteiger partial charge in [0.15, 0.2) is 0 Å². The molecule has 1 saturated carbocycles. The van der Waals surface area contributed by atoms with E-state index >= 15 is 0 Å². The van der Waals surface area contributed by atoms with E-state index in [9.17, 15) is 4.79 Å². The first-order valence-electron chi connectivity index (χ1n) is 9.39. The largest absolute Gasteiger partial charge is 0.497 e. The van der Waals surface area contributed by atoms with E-state index < -0.39 is 0 Å². The Bertz CT molecular complexity index is 578. The summed E-state index contributed by atoms with van der Waals surface area (Å²) in [6.45, 7) is 5.70. The Morgan fingerprint density at radius 3 is 2.72 bits per heavy atom. The van der Waals surface area contributed by atoms with E-state index in [1.165, 1.54) is 12.8 Å². The topological polar surface area (TPSA) is 50.8 Å². The molecule has 1 aliphatic heterocycles. The number of carbonyl (C=O) groups excluding carboxylic acids is 1. The van der Waals surface area contributed by atoms with Crippen molar-refractivity contribution < 1.29 is 14.3 Å². The third-order valence-electron chi connectivity index (χ3n) is 5.79. The lowest BCUT2D eigenvalue weighted by atomic mass is 9.86. The second-order valence-corrected chi connectivity index (χ2v) is 7.23. The second-order valence-electron chi connectivity index (χ2n) is 7.23. The summed E-state index contributed by atoms with van der Waals surface area (Å²) in [5, 5.41) is 3.28. The van der Waals surface area contributed by atoms with Crippen LogP contribution in [0.3, 0.4) is 0 Å². The van der Waals surface area contributed by atoms with Crippen molar-refractivity contribution in [3.8, 4) is 5.75 Å². The first-order chi connectivity index (χ1) is 12.1. The summed E-state index contributed by atoms with van der Waals surface area (Å²) in [5.74, 6) is 0.874. The number of hydrogen-bond acceptors (Lipinski definition) is 4. The van der Waals surface area contributed by atoms with Crippen LogP contribution >= 0.6 is 0 Å². The number of methoxy groups -OCH3 is 1. The lowest BCUT2D eigenvalue weighted by molar-refractivity contribution is -0.122. The zero-order valence-electron chi connectivity index (χ0n) is 15.4. The average molecular weight is 346 g/mol. The lowest BCUT2D eigenvalue weighted by Crippen LogP contribution is -2.62. The van der Waals surface area contributed by atoms with Crippen LogP contribution in [0.1, 0.15) is 38.2 Å². The molecule has 1 aliphatic carbocycles. The molecule has 2 aliphatic rings. The van der Waals surface area contributed by atoms with Crippen LogP contribution in [0.25, 0.3) is 0 Å². The molecular weight excluding hydrogens is 316 g/mol. The highest BCUT2D eigenvalue weighted by atomic mass is 16.5. The van der Waals surface area contributed by atoms with Gasteiger partial charge in [-0.2, -0.15) is 0 Å². The zero-order valence-corrected chi connectivity index (χ0v) is 15.4. The van der Waals surface area contributed by atoms with E-state index in [-0.39, 0.29) is 17.5 Å². The van der Waals surface area contributed by atoms with Gasteiger partial charge in [-0.1, -0.05) is 25.0 Å². The Labute approximate surface area is 150 Å². The Morgan fingerprint density at radius 2 is 2.04 bits per heavy atom. The van der Waals surface area contributed by atoms with Gasteiger partial charge in [-0.25, -0.2) is 0 Å². The summed E-state index contributed by atoms with van der Waals surface area (Å²) in [4.78, 5) is 15.2. The van der Waals surface area contributed by atoms with Gasteiger partial charge >= 0.3 is 0 Å². The van der Waals surface area contributed by atoms with E-state index in [2.05, 4.69) is 17.1 Å². The molecule has 0 radical (unpaired) electrons. The summed E-state index contributed by atoms with van der Waals surface area (Å²) in [7, 11) is 1.65. The van der Waals surface area contributed by atoms with Crippen LogP contribution in [0, 0.1) is 0 Å². The highest BCUT2D eigenvalue weighted by molar-refractivity contribution is 5.79. The molecule has 2 fully saturated rings. The normalized spacial score (nSPS) is 21.7. The highest BCUT2D eigenvalue weighted by Gasteiger charge is 2.44. The fraction of sp³-hybridized carbons (Fsp3) is 0.650. The molecule has 3 rings (SSSR count). The van der Waals surface area contributed by atoms with Gasteiger partial charge in [0.05, 0.1) is 26.7 Å². The number of morpholine rings is 1. The van der Waals surface area contributed by atoms with Crippen LogP contribution in [0.15, 0.2) is 24.3 Å². The second kappa shape index (κ2) is 8.19. The minimum Gasteiger partial charge on any atom is -0.497 e. The van der Waals surface area contributed by atoms with Gasteiger partial charge < -0.3 is 14.8 Å². The number of nitrogens with zero attached hydrogens (tertiary/aromatic N) is 1. The molecule has 1 aromatic carbocycles. The van der Waals surface area contributed by atoms with Crippen LogP contribution in [0.4, 0.5) is 0 Å². The maximum Gasteiger partial charge on any atom is 0.224 e. The third-order valence-corrected chi connectivity index (χ3v) is 5.79. The maximum atomic E-state index is 12.6. The molecule has 0 bridgehead atoms. The predicted molar refractivity (Wildman–Crippen MR) is 97.9 cm³/mol. The number of amides is 1. The molecule has 1 unspecified atom stereocenters. The summed E-state index contributed by atoms with van der Waals surface area (Å²) in [5.41, 5.74) is 1.07. The fourth-order valence-electron chi connectivity index (χ4n) is 4.41. The summed E-state index contributed by atoms with van der Waals surface area (Å²) in [6, 6.07) is 7.87. The summed E-state index contributed by atoms with van der Waals surface area (Å²) < 4.78 is 10.8. The Balaban J connectivity index is 1.64. The minimum atomic E-state index is 0.0836. The van der Waals surface area contributed by atoms with Crippen molar-refractivity contribution in [3.05, 3.63) is 29.8 Å². The van der Waals surface area contributed by atoms with Gasteiger partial charge in [-0.3, -0.25) is 9.69 Å². The summed E-state index contributed by atoms with van der Waals surface area (Å²) in [6.07, 6.45) is 5.20. The van der Waals surface area contributed by atoms with E-state index in [4.69, 9.17) is 9.47 Å².